The van der Waals surface area contributed by atoms with Gasteiger partial charge in [0.1, 0.15) is 5.75 Å². The van der Waals surface area contributed by atoms with Crippen molar-refractivity contribution in [3.05, 3.63) is 77.0 Å². The van der Waals surface area contributed by atoms with E-state index in [9.17, 15) is 18.3 Å². The first kappa shape index (κ1) is 19.0. The number of alkyl halides is 3. The van der Waals surface area contributed by atoms with Crippen LogP contribution in [0, 0.1) is 13.8 Å². The van der Waals surface area contributed by atoms with Gasteiger partial charge in [-0.15, -0.1) is 0 Å². The van der Waals surface area contributed by atoms with Crippen molar-refractivity contribution in [3.8, 4) is 17.0 Å². The summed E-state index contributed by atoms with van der Waals surface area (Å²) in [4.78, 5) is 4.50. The van der Waals surface area contributed by atoms with Crippen LogP contribution in [-0.4, -0.2) is 19.9 Å². The number of benzene rings is 2. The zero-order valence-corrected chi connectivity index (χ0v) is 15.8. The molecule has 0 radical (unpaired) electrons. The van der Waals surface area contributed by atoms with Gasteiger partial charge >= 0.3 is 6.18 Å². The van der Waals surface area contributed by atoms with Crippen LogP contribution in [0.25, 0.3) is 22.3 Å². The third-order valence-corrected chi connectivity index (χ3v) is 4.80. The number of nitrogens with zero attached hydrogens (tertiary/aromatic N) is 3. The Morgan fingerprint density at radius 2 is 1.62 bits per heavy atom. The van der Waals surface area contributed by atoms with E-state index < -0.39 is 11.7 Å². The molecule has 2 aromatic carbocycles. The van der Waals surface area contributed by atoms with Gasteiger partial charge in [0, 0.05) is 5.56 Å². The molecule has 0 amide bonds. The number of phenolic OH excluding ortho intramolecular Hbond substituents is 1. The van der Waals surface area contributed by atoms with Gasteiger partial charge in [-0.2, -0.15) is 18.3 Å². The van der Waals surface area contributed by atoms with Crippen LogP contribution in [0.2, 0.25) is 0 Å². The molecule has 0 aliphatic heterocycles. The van der Waals surface area contributed by atoms with Gasteiger partial charge < -0.3 is 5.11 Å². The largest absolute Gasteiger partial charge is 0.508 e. The van der Waals surface area contributed by atoms with E-state index in [2.05, 4.69) is 10.1 Å². The van der Waals surface area contributed by atoms with Crippen LogP contribution < -0.4 is 0 Å². The topological polar surface area (TPSA) is 50.9 Å². The van der Waals surface area contributed by atoms with Crippen molar-refractivity contribution >= 4 is 11.0 Å². The number of aromatic nitrogens is 3. The highest BCUT2D eigenvalue weighted by atomic mass is 19.4. The van der Waals surface area contributed by atoms with Gasteiger partial charge in [0.2, 0.25) is 0 Å². The fourth-order valence-electron chi connectivity index (χ4n) is 3.33. The second-order valence-corrected chi connectivity index (χ2v) is 7.03. The Hall–Kier alpha value is -3.35. The second kappa shape index (κ2) is 6.92. The first-order valence-electron chi connectivity index (χ1n) is 9.02. The van der Waals surface area contributed by atoms with Crippen molar-refractivity contribution in [2.45, 2.75) is 26.6 Å². The van der Waals surface area contributed by atoms with E-state index in [4.69, 9.17) is 0 Å². The lowest BCUT2D eigenvalue weighted by Crippen LogP contribution is -2.08. The lowest BCUT2D eigenvalue weighted by atomic mass is 10.0. The minimum atomic E-state index is -4.55. The van der Waals surface area contributed by atoms with E-state index in [1.165, 1.54) is 28.9 Å². The minimum absolute atomic E-state index is 0.00661. The molecule has 4 rings (SSSR count). The SMILES string of the molecule is Cc1ccc(Cn2nc(C)c3c(C(F)(F)F)cc(-c4ccc(O)cc4)nc32)cc1. The number of pyridine rings is 1. The molecular weight excluding hydrogens is 379 g/mol. The van der Waals surface area contributed by atoms with Crippen molar-refractivity contribution in [1.29, 1.82) is 0 Å². The summed E-state index contributed by atoms with van der Waals surface area (Å²) in [6.45, 7) is 3.84. The molecule has 1 N–H and O–H groups in total. The summed E-state index contributed by atoms with van der Waals surface area (Å²) in [5, 5.41) is 13.8. The number of hydrogen-bond acceptors (Lipinski definition) is 3. The van der Waals surface area contributed by atoms with Gasteiger partial charge in [-0.3, -0.25) is 0 Å². The van der Waals surface area contributed by atoms with Gasteiger partial charge in [0.05, 0.1) is 28.9 Å². The van der Waals surface area contributed by atoms with E-state index in [0.717, 1.165) is 17.2 Å². The number of rotatable bonds is 3. The minimum Gasteiger partial charge on any atom is -0.508 e. The lowest BCUT2D eigenvalue weighted by Gasteiger charge is -2.12. The fourth-order valence-corrected chi connectivity index (χ4v) is 3.33. The quantitative estimate of drug-likeness (QED) is 0.497. The number of aromatic hydroxyl groups is 1. The molecule has 148 valence electrons. The zero-order valence-electron chi connectivity index (χ0n) is 15.8. The number of aryl methyl sites for hydroxylation is 2. The van der Waals surface area contributed by atoms with E-state index >= 15 is 0 Å². The summed E-state index contributed by atoms with van der Waals surface area (Å²) < 4.78 is 43.0. The maximum atomic E-state index is 13.8. The van der Waals surface area contributed by atoms with Gasteiger partial charge in [0.25, 0.3) is 0 Å². The number of hydrogen-bond donors (Lipinski definition) is 1. The maximum Gasteiger partial charge on any atom is 0.417 e. The van der Waals surface area contributed by atoms with Crippen LogP contribution in [0.5, 0.6) is 5.75 Å². The maximum absolute atomic E-state index is 13.8. The van der Waals surface area contributed by atoms with Crippen molar-refractivity contribution < 1.29 is 18.3 Å². The molecule has 29 heavy (non-hydrogen) atoms. The first-order chi connectivity index (χ1) is 13.7. The van der Waals surface area contributed by atoms with E-state index in [0.29, 0.717) is 12.1 Å². The highest BCUT2D eigenvalue weighted by Gasteiger charge is 2.35. The first-order valence-corrected chi connectivity index (χ1v) is 9.02. The molecule has 2 aromatic heterocycles. The summed E-state index contributed by atoms with van der Waals surface area (Å²) in [5.74, 6) is 0.0335. The molecule has 0 aliphatic carbocycles. The van der Waals surface area contributed by atoms with Crippen LogP contribution in [-0.2, 0) is 12.7 Å². The molecule has 4 aromatic rings. The summed E-state index contributed by atoms with van der Waals surface area (Å²) in [7, 11) is 0. The molecule has 0 bridgehead atoms. The van der Waals surface area contributed by atoms with Crippen LogP contribution in [0.4, 0.5) is 13.2 Å². The molecule has 0 saturated carbocycles. The normalized spacial score (nSPS) is 11.9. The zero-order chi connectivity index (χ0) is 20.8. The third-order valence-electron chi connectivity index (χ3n) is 4.80. The summed E-state index contributed by atoms with van der Waals surface area (Å²) in [6, 6.07) is 14.7. The molecule has 0 fully saturated rings. The molecule has 2 heterocycles. The smallest absolute Gasteiger partial charge is 0.417 e. The molecule has 4 nitrogen and oxygen atoms in total. The predicted octanol–water partition coefficient (Wildman–Crippen LogP) is 5.49. The summed E-state index contributed by atoms with van der Waals surface area (Å²) >= 11 is 0. The number of phenols is 1. The monoisotopic (exact) mass is 397 g/mol. The van der Waals surface area contributed by atoms with Gasteiger partial charge in [-0.05, 0) is 49.7 Å². The second-order valence-electron chi connectivity index (χ2n) is 7.03. The van der Waals surface area contributed by atoms with E-state index in [1.807, 2.05) is 31.2 Å². The van der Waals surface area contributed by atoms with Crippen molar-refractivity contribution in [3.63, 3.8) is 0 Å². The Labute approximate surface area is 165 Å². The van der Waals surface area contributed by atoms with Gasteiger partial charge in [-0.1, -0.05) is 29.8 Å². The van der Waals surface area contributed by atoms with Crippen LogP contribution in [0.1, 0.15) is 22.4 Å². The van der Waals surface area contributed by atoms with Crippen LogP contribution in [0.15, 0.2) is 54.6 Å². The molecule has 7 heteroatoms. The van der Waals surface area contributed by atoms with Gasteiger partial charge in [0.15, 0.2) is 5.65 Å². The number of fused-ring (bicyclic) bond motifs is 1. The Morgan fingerprint density at radius 1 is 0.966 bits per heavy atom. The van der Waals surface area contributed by atoms with Crippen LogP contribution in [0.3, 0.4) is 0 Å². The Balaban J connectivity index is 1.92. The number of halogens is 3. The standard InChI is InChI=1S/C22H18F3N3O/c1-13-3-5-15(6-4-13)12-28-21-20(14(2)27-28)18(22(23,24)25)11-19(26-21)16-7-9-17(29)10-8-16/h3-11,29H,12H2,1-2H3. The van der Waals surface area contributed by atoms with Gasteiger partial charge in [-0.25, -0.2) is 9.67 Å². The summed E-state index contributed by atoms with van der Waals surface area (Å²) in [6.07, 6.45) is -4.55. The third kappa shape index (κ3) is 3.68. The van der Waals surface area contributed by atoms with Crippen molar-refractivity contribution in [2.75, 3.05) is 0 Å². The molecule has 0 unspecified atom stereocenters. The molecule has 0 aliphatic rings. The highest BCUT2D eigenvalue weighted by Crippen LogP contribution is 2.38. The Bertz CT molecular complexity index is 1180. The van der Waals surface area contributed by atoms with E-state index in [1.54, 1.807) is 6.92 Å². The average molecular weight is 397 g/mol. The molecule has 0 spiro atoms. The van der Waals surface area contributed by atoms with Crippen LogP contribution >= 0.6 is 0 Å². The highest BCUT2D eigenvalue weighted by molar-refractivity contribution is 5.85. The fraction of sp³-hybridized carbons (Fsp3) is 0.182. The molecule has 0 saturated heterocycles. The average Bonchev–Trinajstić information content (AvgIpc) is 2.98. The van der Waals surface area contributed by atoms with Crippen molar-refractivity contribution in [2.24, 2.45) is 0 Å². The summed E-state index contributed by atoms with van der Waals surface area (Å²) in [5.41, 5.74) is 2.38. The van der Waals surface area contributed by atoms with Crippen molar-refractivity contribution in [1.82, 2.24) is 14.8 Å². The predicted molar refractivity (Wildman–Crippen MR) is 105 cm³/mol. The Kier molecular flexibility index (Phi) is 4.53. The molecule has 0 atom stereocenters. The Morgan fingerprint density at radius 3 is 2.24 bits per heavy atom. The molecular formula is C22H18F3N3O. The van der Waals surface area contributed by atoms with E-state index in [-0.39, 0.29) is 28.2 Å². The lowest BCUT2D eigenvalue weighted by molar-refractivity contribution is -0.136.